The molecular formula is C20H25NO5. The molecule has 1 atom stereocenters. The number of aliphatic hydroxyl groups is 1. The molecule has 26 heavy (non-hydrogen) atoms. The summed E-state index contributed by atoms with van der Waals surface area (Å²) in [7, 11) is 0. The van der Waals surface area contributed by atoms with Crippen LogP contribution >= 0.6 is 0 Å². The zero-order chi connectivity index (χ0) is 18.9. The summed E-state index contributed by atoms with van der Waals surface area (Å²) in [6.45, 7) is 5.52. The Bertz CT molecular complexity index is 696. The smallest absolute Gasteiger partial charge is 0.290 e. The summed E-state index contributed by atoms with van der Waals surface area (Å²) >= 11 is 0. The topological polar surface area (TPSA) is 90.2 Å². The highest BCUT2D eigenvalue weighted by molar-refractivity contribution is 5.65. The number of rotatable bonds is 4. The van der Waals surface area contributed by atoms with Gasteiger partial charge in [0.25, 0.3) is 6.47 Å². The fourth-order valence-corrected chi connectivity index (χ4v) is 2.87. The van der Waals surface area contributed by atoms with Crippen molar-refractivity contribution in [2.75, 3.05) is 32.8 Å². The standard InChI is InChI=1S/C19H23NO3.CH2O2/c1-14-12-17(6-7-18(14)21)15-2-4-16(5-3-15)19(22)13-20-8-10-23-11-9-20;2-1-3/h2-7,12,19,21-22H,8-11,13H2,1H3;1H,(H,2,3). The van der Waals surface area contributed by atoms with E-state index in [0.29, 0.717) is 12.3 Å². The van der Waals surface area contributed by atoms with Crippen molar-refractivity contribution in [1.82, 2.24) is 4.90 Å². The Kier molecular flexibility index (Phi) is 7.59. The van der Waals surface area contributed by atoms with E-state index in [-0.39, 0.29) is 6.47 Å². The minimum absolute atomic E-state index is 0.250. The molecule has 0 aliphatic carbocycles. The summed E-state index contributed by atoms with van der Waals surface area (Å²) in [4.78, 5) is 10.6. The average Bonchev–Trinajstić information content (AvgIpc) is 2.65. The predicted octanol–water partition coefficient (Wildman–Crippen LogP) is 2.43. The Balaban J connectivity index is 0.000000758. The van der Waals surface area contributed by atoms with Gasteiger partial charge in [-0.2, -0.15) is 0 Å². The van der Waals surface area contributed by atoms with Crippen LogP contribution in [0.3, 0.4) is 0 Å². The first-order chi connectivity index (χ1) is 12.5. The number of morpholine rings is 1. The maximum atomic E-state index is 10.4. The van der Waals surface area contributed by atoms with Crippen molar-refractivity contribution in [2.45, 2.75) is 13.0 Å². The van der Waals surface area contributed by atoms with Gasteiger partial charge < -0.3 is 20.1 Å². The molecule has 2 aromatic carbocycles. The van der Waals surface area contributed by atoms with Crippen LogP contribution in [-0.4, -0.2) is 59.5 Å². The number of carboxylic acid groups (broad SMARTS) is 1. The largest absolute Gasteiger partial charge is 0.508 e. The lowest BCUT2D eigenvalue weighted by molar-refractivity contribution is -0.122. The van der Waals surface area contributed by atoms with Crippen LogP contribution < -0.4 is 0 Å². The molecule has 0 aromatic heterocycles. The minimum atomic E-state index is -0.483. The zero-order valence-electron chi connectivity index (χ0n) is 14.8. The van der Waals surface area contributed by atoms with Crippen molar-refractivity contribution in [2.24, 2.45) is 0 Å². The van der Waals surface area contributed by atoms with Gasteiger partial charge in [-0.25, -0.2) is 0 Å². The second kappa shape index (κ2) is 9.91. The Morgan fingerprint density at radius 1 is 1.12 bits per heavy atom. The van der Waals surface area contributed by atoms with Gasteiger partial charge in [-0.15, -0.1) is 0 Å². The number of carbonyl (C=O) groups is 1. The third-order valence-corrected chi connectivity index (χ3v) is 4.36. The zero-order valence-corrected chi connectivity index (χ0v) is 14.8. The van der Waals surface area contributed by atoms with E-state index in [2.05, 4.69) is 4.90 Å². The second-order valence-corrected chi connectivity index (χ2v) is 6.16. The normalized spacial score (nSPS) is 15.6. The molecular weight excluding hydrogens is 334 g/mol. The molecule has 0 amide bonds. The van der Waals surface area contributed by atoms with E-state index in [1.165, 1.54) is 0 Å². The Hall–Kier alpha value is -2.41. The minimum Gasteiger partial charge on any atom is -0.508 e. The second-order valence-electron chi connectivity index (χ2n) is 6.16. The summed E-state index contributed by atoms with van der Waals surface area (Å²) < 4.78 is 5.33. The third-order valence-electron chi connectivity index (χ3n) is 4.36. The van der Waals surface area contributed by atoms with Gasteiger partial charge in [0, 0.05) is 19.6 Å². The number of hydrogen-bond donors (Lipinski definition) is 3. The number of benzene rings is 2. The molecule has 6 heteroatoms. The molecule has 1 aliphatic rings. The SMILES string of the molecule is Cc1cc(-c2ccc(C(O)CN3CCOCC3)cc2)ccc1O.O=CO. The van der Waals surface area contributed by atoms with Gasteiger partial charge in [0.2, 0.25) is 0 Å². The number of aryl methyl sites for hydroxylation is 1. The molecule has 1 saturated heterocycles. The van der Waals surface area contributed by atoms with Crippen LogP contribution in [0.5, 0.6) is 5.75 Å². The summed E-state index contributed by atoms with van der Waals surface area (Å²) in [5.41, 5.74) is 3.93. The molecule has 1 heterocycles. The fourth-order valence-electron chi connectivity index (χ4n) is 2.87. The van der Waals surface area contributed by atoms with Crippen molar-refractivity contribution in [1.29, 1.82) is 0 Å². The summed E-state index contributed by atoms with van der Waals surface area (Å²) in [5.74, 6) is 0.311. The molecule has 1 aliphatic heterocycles. The highest BCUT2D eigenvalue weighted by Gasteiger charge is 2.16. The number of aliphatic hydroxyl groups excluding tert-OH is 1. The predicted molar refractivity (Wildman–Crippen MR) is 99.2 cm³/mol. The molecule has 0 radical (unpaired) electrons. The van der Waals surface area contributed by atoms with Gasteiger partial charge in [-0.05, 0) is 41.3 Å². The van der Waals surface area contributed by atoms with E-state index < -0.39 is 6.10 Å². The van der Waals surface area contributed by atoms with Gasteiger partial charge in [0.15, 0.2) is 0 Å². The van der Waals surface area contributed by atoms with Crippen molar-refractivity contribution >= 4 is 6.47 Å². The maximum absolute atomic E-state index is 10.4. The van der Waals surface area contributed by atoms with Crippen molar-refractivity contribution in [3.63, 3.8) is 0 Å². The highest BCUT2D eigenvalue weighted by Crippen LogP contribution is 2.26. The lowest BCUT2D eigenvalue weighted by atomic mass is 10.00. The quantitative estimate of drug-likeness (QED) is 0.727. The van der Waals surface area contributed by atoms with Crippen molar-refractivity contribution < 1.29 is 24.9 Å². The van der Waals surface area contributed by atoms with E-state index in [1.807, 2.05) is 43.3 Å². The van der Waals surface area contributed by atoms with E-state index in [0.717, 1.165) is 48.6 Å². The molecule has 140 valence electrons. The van der Waals surface area contributed by atoms with Crippen molar-refractivity contribution in [3.8, 4) is 16.9 Å². The van der Waals surface area contributed by atoms with Crippen LogP contribution in [0.15, 0.2) is 42.5 Å². The Morgan fingerprint density at radius 2 is 1.69 bits per heavy atom. The maximum Gasteiger partial charge on any atom is 0.290 e. The molecule has 1 unspecified atom stereocenters. The van der Waals surface area contributed by atoms with Crippen molar-refractivity contribution in [3.05, 3.63) is 53.6 Å². The van der Waals surface area contributed by atoms with Crippen LogP contribution in [-0.2, 0) is 9.53 Å². The van der Waals surface area contributed by atoms with Gasteiger partial charge in [-0.1, -0.05) is 30.3 Å². The lowest BCUT2D eigenvalue weighted by Gasteiger charge is -2.28. The van der Waals surface area contributed by atoms with Gasteiger partial charge >= 0.3 is 0 Å². The summed E-state index contributed by atoms with van der Waals surface area (Å²) in [6, 6.07) is 13.6. The highest BCUT2D eigenvalue weighted by atomic mass is 16.5. The van der Waals surface area contributed by atoms with E-state index in [4.69, 9.17) is 14.6 Å². The van der Waals surface area contributed by atoms with Gasteiger partial charge in [0.1, 0.15) is 5.75 Å². The summed E-state index contributed by atoms with van der Waals surface area (Å²) in [5, 5.41) is 26.9. The van der Waals surface area contributed by atoms with E-state index in [9.17, 15) is 10.2 Å². The molecule has 3 N–H and O–H groups in total. The van der Waals surface area contributed by atoms with Crippen LogP contribution in [0.4, 0.5) is 0 Å². The number of phenols is 1. The van der Waals surface area contributed by atoms with Crippen LogP contribution in [0.2, 0.25) is 0 Å². The number of hydrogen-bond acceptors (Lipinski definition) is 5. The first-order valence-electron chi connectivity index (χ1n) is 8.51. The first-order valence-corrected chi connectivity index (χ1v) is 8.51. The van der Waals surface area contributed by atoms with Crippen LogP contribution in [0.1, 0.15) is 17.2 Å². The number of phenolic OH excluding ortho intramolecular Hbond substituents is 1. The number of β-amino-alcohol motifs (C(OH)–C–C–N with tert-alkyl or cyclic N) is 1. The number of nitrogens with zero attached hydrogens (tertiary/aromatic N) is 1. The Morgan fingerprint density at radius 3 is 2.27 bits per heavy atom. The molecule has 1 fully saturated rings. The summed E-state index contributed by atoms with van der Waals surface area (Å²) in [6.07, 6.45) is -0.483. The van der Waals surface area contributed by atoms with Crippen LogP contribution in [0.25, 0.3) is 11.1 Å². The lowest BCUT2D eigenvalue weighted by Crippen LogP contribution is -2.38. The van der Waals surface area contributed by atoms with E-state index in [1.54, 1.807) is 6.07 Å². The third kappa shape index (κ3) is 5.56. The fraction of sp³-hybridized carbons (Fsp3) is 0.350. The average molecular weight is 359 g/mol. The number of aromatic hydroxyl groups is 1. The monoisotopic (exact) mass is 359 g/mol. The molecule has 2 aromatic rings. The first kappa shape index (κ1) is 19.9. The molecule has 0 bridgehead atoms. The molecule has 6 nitrogen and oxygen atoms in total. The van der Waals surface area contributed by atoms with Gasteiger partial charge in [0.05, 0.1) is 19.3 Å². The molecule has 3 rings (SSSR count). The van der Waals surface area contributed by atoms with Crippen LogP contribution in [0, 0.1) is 6.92 Å². The van der Waals surface area contributed by atoms with E-state index >= 15 is 0 Å². The molecule has 0 saturated carbocycles. The molecule has 0 spiro atoms. The number of ether oxygens (including phenoxy) is 1. The Labute approximate surface area is 153 Å². The van der Waals surface area contributed by atoms with Gasteiger partial charge in [-0.3, -0.25) is 9.69 Å².